The molecule has 3 rings (SSSR count). The molecule has 0 bridgehead atoms. The Kier molecular flexibility index (Phi) is 7.47. The third-order valence-electron chi connectivity index (χ3n) is 5.39. The lowest BCUT2D eigenvalue weighted by molar-refractivity contribution is -0.137. The number of alkyl halides is 3. The van der Waals surface area contributed by atoms with Crippen molar-refractivity contribution in [2.24, 2.45) is 0 Å². The second kappa shape index (κ2) is 9.98. The van der Waals surface area contributed by atoms with Gasteiger partial charge in [-0.3, -0.25) is 4.79 Å². The number of benzene rings is 2. The molecule has 34 heavy (non-hydrogen) atoms. The van der Waals surface area contributed by atoms with Gasteiger partial charge in [0.05, 0.1) is 33.6 Å². The molecule has 0 radical (unpaired) electrons. The lowest BCUT2D eigenvalue weighted by Gasteiger charge is -2.18. The fourth-order valence-electron chi connectivity index (χ4n) is 3.48. The Morgan fingerprint density at radius 1 is 1.09 bits per heavy atom. The SMILES string of the molecule is CCN(CC)S(=O)(=O)c1ccc(CNC(=O)c2cnn(-c3cccc(C(F)(F)F)c3)c2C)cc1. The van der Waals surface area contributed by atoms with Gasteiger partial charge in [0.2, 0.25) is 10.0 Å². The summed E-state index contributed by atoms with van der Waals surface area (Å²) >= 11 is 0. The number of nitrogens with one attached hydrogen (secondary N) is 1. The largest absolute Gasteiger partial charge is 0.416 e. The number of amides is 1. The molecular formula is C23H25F3N4O3S. The minimum atomic E-state index is -4.49. The van der Waals surface area contributed by atoms with Crippen molar-refractivity contribution >= 4 is 15.9 Å². The summed E-state index contributed by atoms with van der Waals surface area (Å²) in [6, 6.07) is 10.9. The van der Waals surface area contributed by atoms with E-state index < -0.39 is 27.7 Å². The van der Waals surface area contributed by atoms with Gasteiger partial charge in [-0.05, 0) is 42.8 Å². The van der Waals surface area contributed by atoms with Crippen molar-refractivity contribution in [1.82, 2.24) is 19.4 Å². The highest BCUT2D eigenvalue weighted by Crippen LogP contribution is 2.30. The van der Waals surface area contributed by atoms with E-state index in [1.54, 1.807) is 32.9 Å². The van der Waals surface area contributed by atoms with Gasteiger partial charge in [0.1, 0.15) is 0 Å². The van der Waals surface area contributed by atoms with E-state index >= 15 is 0 Å². The zero-order valence-electron chi connectivity index (χ0n) is 18.9. The number of carbonyl (C=O) groups is 1. The van der Waals surface area contributed by atoms with E-state index in [1.807, 2.05) is 0 Å². The van der Waals surface area contributed by atoms with E-state index in [4.69, 9.17) is 0 Å². The number of sulfonamides is 1. The van der Waals surface area contributed by atoms with Crippen LogP contribution in [0.25, 0.3) is 5.69 Å². The van der Waals surface area contributed by atoms with Crippen LogP contribution >= 0.6 is 0 Å². The van der Waals surface area contributed by atoms with Gasteiger partial charge in [0.25, 0.3) is 5.91 Å². The van der Waals surface area contributed by atoms with E-state index in [-0.39, 0.29) is 22.7 Å². The minimum absolute atomic E-state index is 0.138. The highest BCUT2D eigenvalue weighted by atomic mass is 32.2. The van der Waals surface area contributed by atoms with E-state index in [0.29, 0.717) is 24.3 Å². The molecule has 0 atom stereocenters. The summed E-state index contributed by atoms with van der Waals surface area (Å²) < 4.78 is 66.8. The van der Waals surface area contributed by atoms with Crippen molar-refractivity contribution in [3.05, 3.63) is 77.1 Å². The molecule has 11 heteroatoms. The van der Waals surface area contributed by atoms with Crippen molar-refractivity contribution in [1.29, 1.82) is 0 Å². The zero-order chi connectivity index (χ0) is 25.1. The van der Waals surface area contributed by atoms with E-state index in [9.17, 15) is 26.4 Å². The average molecular weight is 495 g/mol. The van der Waals surface area contributed by atoms with E-state index in [2.05, 4.69) is 10.4 Å². The quantitative estimate of drug-likeness (QED) is 0.510. The predicted octanol–water partition coefficient (Wildman–Crippen LogP) is 4.16. The Bertz CT molecular complexity index is 1270. The molecule has 0 spiro atoms. The number of nitrogens with zero attached hydrogens (tertiary/aromatic N) is 3. The smallest absolute Gasteiger partial charge is 0.348 e. The first-order valence-electron chi connectivity index (χ1n) is 10.6. The van der Waals surface area contributed by atoms with Gasteiger partial charge < -0.3 is 5.32 Å². The number of rotatable bonds is 8. The normalized spacial score (nSPS) is 12.2. The van der Waals surface area contributed by atoms with E-state index in [0.717, 1.165) is 12.1 Å². The van der Waals surface area contributed by atoms with Crippen LogP contribution in [0.3, 0.4) is 0 Å². The molecule has 0 aliphatic rings. The number of halogens is 3. The molecule has 1 amide bonds. The summed E-state index contributed by atoms with van der Waals surface area (Å²) in [4.78, 5) is 12.8. The number of hydrogen-bond acceptors (Lipinski definition) is 4. The maximum absolute atomic E-state index is 13.0. The number of carbonyl (C=O) groups excluding carboxylic acids is 1. The Morgan fingerprint density at radius 2 is 1.74 bits per heavy atom. The molecule has 2 aromatic carbocycles. The second-order valence-corrected chi connectivity index (χ2v) is 9.46. The van der Waals surface area contributed by atoms with Gasteiger partial charge in [-0.25, -0.2) is 13.1 Å². The van der Waals surface area contributed by atoms with Gasteiger partial charge in [-0.2, -0.15) is 22.6 Å². The molecular weight excluding hydrogens is 469 g/mol. The molecule has 0 fully saturated rings. The van der Waals surface area contributed by atoms with Crippen LogP contribution in [0, 0.1) is 6.92 Å². The van der Waals surface area contributed by atoms with Crippen LogP contribution in [-0.2, 0) is 22.7 Å². The van der Waals surface area contributed by atoms with Gasteiger partial charge in [0, 0.05) is 19.6 Å². The van der Waals surface area contributed by atoms with Crippen LogP contribution in [0.5, 0.6) is 0 Å². The Labute approximate surface area is 196 Å². The number of hydrogen-bond donors (Lipinski definition) is 1. The molecule has 182 valence electrons. The molecule has 0 unspecified atom stereocenters. The topological polar surface area (TPSA) is 84.3 Å². The zero-order valence-corrected chi connectivity index (χ0v) is 19.7. The fraction of sp³-hybridized carbons (Fsp3) is 0.304. The summed E-state index contributed by atoms with van der Waals surface area (Å²) in [5, 5.41) is 6.80. The Morgan fingerprint density at radius 3 is 2.32 bits per heavy atom. The van der Waals surface area contributed by atoms with Crippen molar-refractivity contribution in [3.63, 3.8) is 0 Å². The first-order chi connectivity index (χ1) is 16.0. The highest BCUT2D eigenvalue weighted by Gasteiger charge is 2.30. The van der Waals surface area contributed by atoms with Crippen LogP contribution in [0.4, 0.5) is 13.2 Å². The molecule has 3 aromatic rings. The maximum Gasteiger partial charge on any atom is 0.416 e. The lowest BCUT2D eigenvalue weighted by atomic mass is 10.2. The summed E-state index contributed by atoms with van der Waals surface area (Å²) in [5.74, 6) is -0.449. The summed E-state index contributed by atoms with van der Waals surface area (Å²) in [7, 11) is -3.57. The van der Waals surface area contributed by atoms with Crippen LogP contribution < -0.4 is 5.32 Å². The Hall–Kier alpha value is -3.18. The van der Waals surface area contributed by atoms with Crippen LogP contribution in [0.15, 0.2) is 59.6 Å². The van der Waals surface area contributed by atoms with Crippen LogP contribution in [0.1, 0.15) is 41.0 Å². The second-order valence-electron chi connectivity index (χ2n) is 7.52. The molecule has 0 aliphatic heterocycles. The predicted molar refractivity (Wildman–Crippen MR) is 121 cm³/mol. The van der Waals surface area contributed by atoms with Gasteiger partial charge >= 0.3 is 6.18 Å². The van der Waals surface area contributed by atoms with Crippen molar-refractivity contribution in [3.8, 4) is 5.69 Å². The third kappa shape index (κ3) is 5.31. The van der Waals surface area contributed by atoms with Crippen molar-refractivity contribution in [2.75, 3.05) is 13.1 Å². The molecule has 1 heterocycles. The third-order valence-corrected chi connectivity index (χ3v) is 7.46. The Balaban J connectivity index is 1.72. The van der Waals surface area contributed by atoms with Gasteiger partial charge in [-0.1, -0.05) is 32.0 Å². The summed E-state index contributed by atoms with van der Waals surface area (Å²) in [6.45, 7) is 5.99. The monoisotopic (exact) mass is 494 g/mol. The van der Waals surface area contributed by atoms with Crippen LogP contribution in [-0.4, -0.2) is 41.5 Å². The van der Waals surface area contributed by atoms with Gasteiger partial charge in [-0.15, -0.1) is 0 Å². The summed E-state index contributed by atoms with van der Waals surface area (Å²) in [5.41, 5.74) is 0.680. The fourth-order valence-corrected chi connectivity index (χ4v) is 4.93. The van der Waals surface area contributed by atoms with Crippen LogP contribution in [0.2, 0.25) is 0 Å². The first kappa shape index (κ1) is 25.4. The maximum atomic E-state index is 13.0. The number of aromatic nitrogens is 2. The molecule has 1 aromatic heterocycles. The molecule has 0 saturated heterocycles. The highest BCUT2D eigenvalue weighted by molar-refractivity contribution is 7.89. The van der Waals surface area contributed by atoms with E-state index in [1.165, 1.54) is 39.4 Å². The standard InChI is InChI=1S/C23H25F3N4O3S/c1-4-29(5-2)34(32,33)20-11-9-17(10-12-20)14-27-22(31)21-15-28-30(16(21)3)19-8-6-7-18(13-19)23(24,25)26/h6-13,15H,4-5,14H2,1-3H3,(H,27,31). The molecule has 1 N–H and O–H groups in total. The van der Waals surface area contributed by atoms with Crippen molar-refractivity contribution in [2.45, 2.75) is 38.4 Å². The molecule has 0 saturated carbocycles. The minimum Gasteiger partial charge on any atom is -0.348 e. The first-order valence-corrected chi connectivity index (χ1v) is 12.0. The average Bonchev–Trinajstić information content (AvgIpc) is 3.19. The molecule has 0 aliphatic carbocycles. The lowest BCUT2D eigenvalue weighted by Crippen LogP contribution is -2.30. The summed E-state index contributed by atoms with van der Waals surface area (Å²) in [6.07, 6.45) is -3.19. The van der Waals surface area contributed by atoms with Gasteiger partial charge in [0.15, 0.2) is 0 Å². The van der Waals surface area contributed by atoms with Crippen molar-refractivity contribution < 1.29 is 26.4 Å². The molecule has 7 nitrogen and oxygen atoms in total.